The molecule has 2 fully saturated rings. The van der Waals surface area contributed by atoms with Gasteiger partial charge >= 0.3 is 0 Å². The number of hydroxylamine groups is 1. The van der Waals surface area contributed by atoms with E-state index >= 15 is 0 Å². The molecule has 8 nitrogen and oxygen atoms in total. The van der Waals surface area contributed by atoms with Gasteiger partial charge in [0.2, 0.25) is 5.91 Å². The van der Waals surface area contributed by atoms with Crippen molar-refractivity contribution in [3.63, 3.8) is 0 Å². The van der Waals surface area contributed by atoms with E-state index in [1.165, 1.54) is 47.5 Å². The van der Waals surface area contributed by atoms with Crippen molar-refractivity contribution in [2.24, 2.45) is 5.92 Å². The maximum Gasteiger partial charge on any atom is 0.271 e. The molecule has 5 rings (SSSR count). The van der Waals surface area contributed by atoms with Crippen molar-refractivity contribution in [1.82, 2.24) is 0 Å². The second-order valence-electron chi connectivity index (χ2n) is 8.18. The minimum absolute atomic E-state index is 0.135. The second kappa shape index (κ2) is 8.35. The Morgan fingerprint density at radius 2 is 1.68 bits per heavy atom. The van der Waals surface area contributed by atoms with Crippen molar-refractivity contribution in [3.05, 3.63) is 99.9 Å². The molecule has 0 unspecified atom stereocenters. The third kappa shape index (κ3) is 3.50. The zero-order valence-corrected chi connectivity index (χ0v) is 18.1. The molecule has 0 aromatic heterocycles. The SMILES string of the molecule is CCc1ccc([C@@H]2[C@H]3C(=O)N(c4ccc(F)cc4)C(=O)[C@H]3ON2c2cccc([N+](=O)[O-])c2)cc1. The van der Waals surface area contributed by atoms with Gasteiger partial charge < -0.3 is 0 Å². The zero-order chi connectivity index (χ0) is 24.0. The van der Waals surface area contributed by atoms with Gasteiger partial charge in [0.1, 0.15) is 11.7 Å². The molecule has 3 atom stereocenters. The third-order valence-corrected chi connectivity index (χ3v) is 6.22. The number of nitrogens with zero attached hydrogens (tertiary/aromatic N) is 3. The number of amides is 2. The summed E-state index contributed by atoms with van der Waals surface area (Å²) in [6.45, 7) is 2.03. The van der Waals surface area contributed by atoms with Crippen LogP contribution in [0.25, 0.3) is 0 Å². The van der Waals surface area contributed by atoms with Crippen LogP contribution in [0.5, 0.6) is 0 Å². The van der Waals surface area contributed by atoms with Gasteiger partial charge in [-0.3, -0.25) is 24.5 Å². The highest BCUT2D eigenvalue weighted by Crippen LogP contribution is 2.48. The summed E-state index contributed by atoms with van der Waals surface area (Å²) >= 11 is 0. The highest BCUT2D eigenvalue weighted by Gasteiger charge is 2.60. The van der Waals surface area contributed by atoms with Crippen molar-refractivity contribution in [2.75, 3.05) is 9.96 Å². The van der Waals surface area contributed by atoms with Crippen LogP contribution in [-0.2, 0) is 20.8 Å². The van der Waals surface area contributed by atoms with E-state index in [1.807, 2.05) is 31.2 Å². The fourth-order valence-corrected chi connectivity index (χ4v) is 4.52. The molecule has 0 bridgehead atoms. The van der Waals surface area contributed by atoms with E-state index in [2.05, 4.69) is 0 Å². The van der Waals surface area contributed by atoms with Gasteiger partial charge in [-0.1, -0.05) is 37.3 Å². The second-order valence-corrected chi connectivity index (χ2v) is 8.18. The summed E-state index contributed by atoms with van der Waals surface area (Å²) in [5.41, 5.74) is 2.32. The lowest BCUT2D eigenvalue weighted by molar-refractivity contribution is -0.384. The number of hydrogen-bond donors (Lipinski definition) is 0. The Morgan fingerprint density at radius 1 is 0.971 bits per heavy atom. The number of nitro benzene ring substituents is 1. The molecule has 2 aliphatic rings. The number of imide groups is 1. The van der Waals surface area contributed by atoms with Crippen LogP contribution in [0.3, 0.4) is 0 Å². The van der Waals surface area contributed by atoms with Gasteiger partial charge in [0.15, 0.2) is 6.10 Å². The number of carbonyl (C=O) groups excluding carboxylic acids is 2. The minimum atomic E-state index is -1.12. The predicted molar refractivity (Wildman–Crippen MR) is 121 cm³/mol. The molecule has 0 radical (unpaired) electrons. The van der Waals surface area contributed by atoms with Crippen LogP contribution in [0, 0.1) is 21.8 Å². The van der Waals surface area contributed by atoms with Crippen LogP contribution in [0.2, 0.25) is 0 Å². The Morgan fingerprint density at radius 3 is 2.32 bits per heavy atom. The Kier molecular flexibility index (Phi) is 5.33. The average molecular weight is 461 g/mol. The van der Waals surface area contributed by atoms with E-state index in [4.69, 9.17) is 4.84 Å². The summed E-state index contributed by atoms with van der Waals surface area (Å²) < 4.78 is 13.4. The van der Waals surface area contributed by atoms with Crippen molar-refractivity contribution < 1.29 is 23.7 Å². The lowest BCUT2D eigenvalue weighted by Gasteiger charge is -2.28. The van der Waals surface area contributed by atoms with Gasteiger partial charge in [-0.05, 0) is 47.9 Å². The van der Waals surface area contributed by atoms with Gasteiger partial charge in [0.05, 0.1) is 22.3 Å². The van der Waals surface area contributed by atoms with Crippen molar-refractivity contribution in [3.8, 4) is 0 Å². The summed E-state index contributed by atoms with van der Waals surface area (Å²) in [7, 11) is 0. The molecule has 2 saturated heterocycles. The van der Waals surface area contributed by atoms with E-state index in [-0.39, 0.29) is 11.4 Å². The quantitative estimate of drug-likeness (QED) is 0.319. The normalized spacial score (nSPS) is 21.8. The number of aryl methyl sites for hydroxylation is 1. The van der Waals surface area contributed by atoms with Crippen LogP contribution in [0.15, 0.2) is 72.8 Å². The highest BCUT2D eigenvalue weighted by atomic mass is 19.1. The number of carbonyl (C=O) groups is 2. The summed E-state index contributed by atoms with van der Waals surface area (Å²) in [5.74, 6) is -2.40. The summed E-state index contributed by atoms with van der Waals surface area (Å²) in [6.07, 6.45) is -0.287. The monoisotopic (exact) mass is 461 g/mol. The van der Waals surface area contributed by atoms with Crippen LogP contribution in [0.4, 0.5) is 21.5 Å². The maximum absolute atomic E-state index is 13.5. The smallest absolute Gasteiger partial charge is 0.271 e. The van der Waals surface area contributed by atoms with E-state index in [9.17, 15) is 24.1 Å². The number of benzene rings is 3. The topological polar surface area (TPSA) is 93.0 Å². The molecular formula is C25H20FN3O5. The van der Waals surface area contributed by atoms with Gasteiger partial charge in [-0.15, -0.1) is 0 Å². The molecule has 0 saturated carbocycles. The Bertz CT molecular complexity index is 1280. The van der Waals surface area contributed by atoms with Crippen LogP contribution >= 0.6 is 0 Å². The summed E-state index contributed by atoms with van der Waals surface area (Å²) in [6, 6.07) is 17.9. The standard InChI is InChI=1S/C25H20FN3O5/c1-2-15-6-8-16(9-7-15)22-21-23(34-28(22)19-4-3-5-20(14-19)29(32)33)25(31)27(24(21)30)18-12-10-17(26)11-13-18/h3-14,21-23H,2H2,1H3/t21-,22-,23+/m1/s1. The maximum atomic E-state index is 13.5. The van der Waals surface area contributed by atoms with Gasteiger partial charge in [0, 0.05) is 12.1 Å². The Hall–Kier alpha value is -4.11. The minimum Gasteiger partial charge on any atom is -0.273 e. The van der Waals surface area contributed by atoms with Crippen molar-refractivity contribution in [2.45, 2.75) is 25.5 Å². The Balaban J connectivity index is 1.58. The fraction of sp³-hybridized carbons (Fsp3) is 0.200. The van der Waals surface area contributed by atoms with E-state index in [0.29, 0.717) is 5.69 Å². The fourth-order valence-electron chi connectivity index (χ4n) is 4.52. The number of halogens is 1. The van der Waals surface area contributed by atoms with Gasteiger partial charge in [-0.25, -0.2) is 14.4 Å². The first-order chi connectivity index (χ1) is 16.4. The Labute approximate surface area is 194 Å². The first-order valence-corrected chi connectivity index (χ1v) is 10.8. The number of hydrogen-bond acceptors (Lipinski definition) is 6. The van der Waals surface area contributed by atoms with Crippen molar-refractivity contribution in [1.29, 1.82) is 0 Å². The summed E-state index contributed by atoms with van der Waals surface area (Å²) in [4.78, 5) is 44.6. The lowest BCUT2D eigenvalue weighted by atomic mass is 9.90. The number of anilines is 2. The van der Waals surface area contributed by atoms with Crippen LogP contribution in [-0.4, -0.2) is 22.8 Å². The molecule has 3 aromatic carbocycles. The molecule has 2 heterocycles. The largest absolute Gasteiger partial charge is 0.273 e. The number of fused-ring (bicyclic) bond motifs is 1. The molecule has 2 amide bonds. The molecule has 9 heteroatoms. The van der Waals surface area contributed by atoms with Crippen molar-refractivity contribution >= 4 is 28.9 Å². The van der Waals surface area contributed by atoms with Gasteiger partial charge in [-0.2, -0.15) is 0 Å². The van der Waals surface area contributed by atoms with Crippen LogP contribution in [0.1, 0.15) is 24.1 Å². The highest BCUT2D eigenvalue weighted by molar-refractivity contribution is 6.23. The molecule has 3 aromatic rings. The summed E-state index contributed by atoms with van der Waals surface area (Å²) in [5, 5.41) is 12.7. The van der Waals surface area contributed by atoms with E-state index in [0.717, 1.165) is 22.4 Å². The van der Waals surface area contributed by atoms with E-state index < -0.39 is 40.6 Å². The van der Waals surface area contributed by atoms with Gasteiger partial charge in [0.25, 0.3) is 11.6 Å². The first-order valence-electron chi connectivity index (χ1n) is 10.8. The van der Waals surface area contributed by atoms with Crippen LogP contribution < -0.4 is 9.96 Å². The lowest BCUT2D eigenvalue weighted by Crippen LogP contribution is -2.37. The molecule has 34 heavy (non-hydrogen) atoms. The molecule has 0 spiro atoms. The molecule has 2 aliphatic heterocycles. The first kappa shape index (κ1) is 21.7. The third-order valence-electron chi connectivity index (χ3n) is 6.22. The molecular weight excluding hydrogens is 441 g/mol. The zero-order valence-electron chi connectivity index (χ0n) is 18.1. The van der Waals surface area contributed by atoms with E-state index in [1.54, 1.807) is 6.07 Å². The number of rotatable bonds is 5. The predicted octanol–water partition coefficient (Wildman–Crippen LogP) is 4.35. The molecule has 172 valence electrons. The number of non-ortho nitro benzene ring substituents is 1. The molecule has 0 aliphatic carbocycles. The average Bonchev–Trinajstić information content (AvgIpc) is 3.36. The number of nitro groups is 1. The molecule has 0 N–H and O–H groups in total.